The van der Waals surface area contributed by atoms with Crippen molar-refractivity contribution in [3.05, 3.63) is 23.0 Å². The van der Waals surface area contributed by atoms with E-state index in [9.17, 15) is 9.18 Å². The molecule has 0 saturated carbocycles. The van der Waals surface area contributed by atoms with Crippen molar-refractivity contribution in [1.29, 1.82) is 0 Å². The van der Waals surface area contributed by atoms with Gasteiger partial charge >= 0.3 is 0 Å². The summed E-state index contributed by atoms with van der Waals surface area (Å²) in [7, 11) is 0. The average Bonchev–Trinajstić information content (AvgIpc) is 2.11. The summed E-state index contributed by atoms with van der Waals surface area (Å²) in [6.45, 7) is 3.59. The number of amides is 1. The number of anilines is 1. The van der Waals surface area contributed by atoms with Crippen molar-refractivity contribution >= 4 is 35.0 Å². The maximum absolute atomic E-state index is 13.2. The molecule has 0 spiro atoms. The van der Waals surface area contributed by atoms with Gasteiger partial charge in [-0.1, -0.05) is 11.6 Å². The Labute approximate surface area is 96.2 Å². The highest BCUT2D eigenvalue weighted by Crippen LogP contribution is 2.43. The molecule has 2 rings (SSSR count). The lowest BCUT2D eigenvalue weighted by atomic mass is 10.1. The number of hydrogen-bond donors (Lipinski definition) is 1. The number of benzene rings is 1. The maximum atomic E-state index is 13.2. The van der Waals surface area contributed by atoms with Crippen LogP contribution in [0.4, 0.5) is 10.1 Å². The van der Waals surface area contributed by atoms with Gasteiger partial charge in [-0.15, -0.1) is 11.8 Å². The third-order valence-electron chi connectivity index (χ3n) is 2.18. The van der Waals surface area contributed by atoms with Gasteiger partial charge in [-0.3, -0.25) is 4.79 Å². The summed E-state index contributed by atoms with van der Waals surface area (Å²) in [6.07, 6.45) is 0. The van der Waals surface area contributed by atoms with E-state index in [0.717, 1.165) is 0 Å². The van der Waals surface area contributed by atoms with Crippen molar-refractivity contribution in [2.75, 3.05) is 5.32 Å². The minimum absolute atomic E-state index is 0.0226. The zero-order chi connectivity index (χ0) is 11.2. The van der Waals surface area contributed by atoms with Crippen LogP contribution in [0.15, 0.2) is 17.0 Å². The van der Waals surface area contributed by atoms with Gasteiger partial charge in [0.25, 0.3) is 0 Å². The molecule has 5 heteroatoms. The molecule has 1 aromatic rings. The predicted octanol–water partition coefficient (Wildman–Crippen LogP) is 3.30. The van der Waals surface area contributed by atoms with Crippen LogP contribution in [0, 0.1) is 5.82 Å². The van der Waals surface area contributed by atoms with E-state index in [1.807, 2.05) is 0 Å². The number of rotatable bonds is 0. The van der Waals surface area contributed by atoms with Crippen LogP contribution < -0.4 is 5.32 Å². The molecule has 0 aliphatic carbocycles. The smallest absolute Gasteiger partial charge is 0.240 e. The van der Waals surface area contributed by atoms with Crippen LogP contribution in [0.2, 0.25) is 5.02 Å². The fourth-order valence-corrected chi connectivity index (χ4v) is 2.54. The number of carbonyl (C=O) groups is 1. The Bertz CT molecular complexity index is 447. The molecular weight excluding hydrogens is 237 g/mol. The van der Waals surface area contributed by atoms with Gasteiger partial charge < -0.3 is 5.32 Å². The third kappa shape index (κ3) is 1.84. The van der Waals surface area contributed by atoms with Crippen molar-refractivity contribution in [1.82, 2.24) is 0 Å². The molecule has 1 aliphatic rings. The summed E-state index contributed by atoms with van der Waals surface area (Å²) < 4.78 is 12.6. The van der Waals surface area contributed by atoms with Gasteiger partial charge in [-0.05, 0) is 26.0 Å². The summed E-state index contributed by atoms with van der Waals surface area (Å²) in [5.74, 6) is -0.558. The van der Waals surface area contributed by atoms with E-state index in [0.29, 0.717) is 10.6 Å². The van der Waals surface area contributed by atoms with E-state index in [1.165, 1.54) is 23.9 Å². The highest BCUT2D eigenvalue weighted by Gasteiger charge is 2.34. The average molecular weight is 246 g/mol. The number of thioether (sulfide) groups is 1. The molecule has 0 bridgehead atoms. The zero-order valence-electron chi connectivity index (χ0n) is 8.23. The third-order valence-corrected chi connectivity index (χ3v) is 3.73. The summed E-state index contributed by atoms with van der Waals surface area (Å²) in [5, 5.41) is 2.73. The van der Waals surface area contributed by atoms with Gasteiger partial charge in [0.1, 0.15) is 5.82 Å². The van der Waals surface area contributed by atoms with Crippen LogP contribution in [-0.2, 0) is 4.79 Å². The monoisotopic (exact) mass is 245 g/mol. The maximum Gasteiger partial charge on any atom is 0.240 e. The van der Waals surface area contributed by atoms with E-state index in [2.05, 4.69) is 5.32 Å². The highest BCUT2D eigenvalue weighted by molar-refractivity contribution is 8.01. The zero-order valence-corrected chi connectivity index (χ0v) is 9.80. The van der Waals surface area contributed by atoms with Gasteiger partial charge in [0.05, 0.1) is 15.5 Å². The quantitative estimate of drug-likeness (QED) is 0.760. The molecule has 0 unspecified atom stereocenters. The predicted molar refractivity (Wildman–Crippen MR) is 60.0 cm³/mol. The molecule has 0 atom stereocenters. The van der Waals surface area contributed by atoms with Crippen molar-refractivity contribution in [3.63, 3.8) is 0 Å². The van der Waals surface area contributed by atoms with E-state index in [1.54, 1.807) is 13.8 Å². The van der Waals surface area contributed by atoms with Crippen LogP contribution >= 0.6 is 23.4 Å². The van der Waals surface area contributed by atoms with E-state index < -0.39 is 10.6 Å². The Kier molecular flexibility index (Phi) is 2.43. The van der Waals surface area contributed by atoms with E-state index in [4.69, 9.17) is 11.6 Å². The van der Waals surface area contributed by atoms with Crippen LogP contribution in [0.3, 0.4) is 0 Å². The Balaban J connectivity index is 2.51. The lowest BCUT2D eigenvalue weighted by Crippen LogP contribution is -2.37. The molecule has 1 N–H and O–H groups in total. The van der Waals surface area contributed by atoms with Crippen molar-refractivity contribution in [3.8, 4) is 0 Å². The standard InChI is InChI=1S/C10H9ClFNOS/c1-10(2)9(14)13-7-3-5(11)6(12)4-8(7)15-10/h3-4H,1-2H3,(H,13,14). The number of nitrogens with one attached hydrogen (secondary N) is 1. The highest BCUT2D eigenvalue weighted by atomic mass is 35.5. The molecule has 80 valence electrons. The van der Waals surface area contributed by atoms with Crippen molar-refractivity contribution < 1.29 is 9.18 Å². The van der Waals surface area contributed by atoms with Gasteiger partial charge in [0, 0.05) is 4.90 Å². The number of halogens is 2. The molecular formula is C10H9ClFNOS. The van der Waals surface area contributed by atoms with Gasteiger partial charge in [0.2, 0.25) is 5.91 Å². The second-order valence-corrected chi connectivity index (χ2v) is 5.90. The molecule has 1 aliphatic heterocycles. The van der Waals surface area contributed by atoms with Crippen LogP contribution in [0.1, 0.15) is 13.8 Å². The minimum Gasteiger partial charge on any atom is -0.324 e. The number of fused-ring (bicyclic) bond motifs is 1. The van der Waals surface area contributed by atoms with Gasteiger partial charge in [-0.2, -0.15) is 0 Å². The van der Waals surface area contributed by atoms with E-state index >= 15 is 0 Å². The Morgan fingerprint density at radius 3 is 2.80 bits per heavy atom. The van der Waals surface area contributed by atoms with Crippen molar-refractivity contribution in [2.45, 2.75) is 23.5 Å². The molecule has 15 heavy (non-hydrogen) atoms. The Morgan fingerprint density at radius 2 is 2.13 bits per heavy atom. The fourth-order valence-electron chi connectivity index (χ4n) is 1.30. The summed E-state index contributed by atoms with van der Waals surface area (Å²) in [6, 6.07) is 2.79. The first kappa shape index (κ1) is 10.8. The minimum atomic E-state index is -0.576. The Morgan fingerprint density at radius 1 is 1.47 bits per heavy atom. The summed E-state index contributed by atoms with van der Waals surface area (Å²) >= 11 is 6.96. The normalized spacial score (nSPS) is 18.3. The molecule has 0 radical (unpaired) electrons. The van der Waals surface area contributed by atoms with Gasteiger partial charge in [0.15, 0.2) is 0 Å². The lowest BCUT2D eigenvalue weighted by Gasteiger charge is -2.29. The van der Waals surface area contributed by atoms with Gasteiger partial charge in [-0.25, -0.2) is 4.39 Å². The molecule has 0 aromatic heterocycles. The number of carbonyl (C=O) groups excluding carboxylic acids is 1. The van der Waals surface area contributed by atoms with Crippen LogP contribution in [0.5, 0.6) is 0 Å². The fraction of sp³-hybridized carbons (Fsp3) is 0.300. The van der Waals surface area contributed by atoms with Crippen LogP contribution in [-0.4, -0.2) is 10.7 Å². The SMILES string of the molecule is CC1(C)Sc2cc(F)c(Cl)cc2NC1=O. The first-order valence-electron chi connectivity index (χ1n) is 4.40. The Hall–Kier alpha value is -0.740. The molecule has 0 fully saturated rings. The molecule has 1 aromatic carbocycles. The van der Waals surface area contributed by atoms with Crippen molar-refractivity contribution in [2.24, 2.45) is 0 Å². The number of hydrogen-bond acceptors (Lipinski definition) is 2. The van der Waals surface area contributed by atoms with E-state index in [-0.39, 0.29) is 10.9 Å². The second kappa shape index (κ2) is 3.39. The molecule has 0 saturated heterocycles. The second-order valence-electron chi connectivity index (χ2n) is 3.83. The first-order valence-corrected chi connectivity index (χ1v) is 5.59. The first-order chi connectivity index (χ1) is 6.90. The molecule has 1 heterocycles. The topological polar surface area (TPSA) is 29.1 Å². The van der Waals surface area contributed by atoms with Crippen LogP contribution in [0.25, 0.3) is 0 Å². The lowest BCUT2D eigenvalue weighted by molar-refractivity contribution is -0.117. The molecule has 2 nitrogen and oxygen atoms in total. The summed E-state index contributed by atoms with van der Waals surface area (Å²) in [5.41, 5.74) is 0.579. The summed E-state index contributed by atoms with van der Waals surface area (Å²) in [4.78, 5) is 12.3. The molecule has 1 amide bonds. The largest absolute Gasteiger partial charge is 0.324 e.